The molecule has 1 aromatic heterocycles. The lowest BCUT2D eigenvalue weighted by Crippen LogP contribution is -2.05. The van der Waals surface area contributed by atoms with Crippen molar-refractivity contribution in [2.75, 3.05) is 5.32 Å². The second-order valence-electron chi connectivity index (χ2n) is 3.78. The Labute approximate surface area is 128 Å². The summed E-state index contributed by atoms with van der Waals surface area (Å²) in [6.45, 7) is 0. The van der Waals surface area contributed by atoms with Gasteiger partial charge in [-0.05, 0) is 40.2 Å². The number of carboxylic acid groups (broad SMARTS) is 1. The maximum atomic E-state index is 11.2. The van der Waals surface area contributed by atoms with Crippen molar-refractivity contribution in [3.8, 4) is 6.07 Å². The molecule has 0 unspecified atom stereocenters. The van der Waals surface area contributed by atoms with Crippen LogP contribution >= 0.6 is 27.5 Å². The van der Waals surface area contributed by atoms with E-state index in [2.05, 4.69) is 26.2 Å². The molecule has 0 aliphatic rings. The number of halogens is 2. The lowest BCUT2D eigenvalue weighted by molar-refractivity contribution is 0.0697. The van der Waals surface area contributed by atoms with E-state index in [1.54, 1.807) is 12.1 Å². The number of carbonyl (C=O) groups is 1. The second-order valence-corrected chi connectivity index (χ2v) is 5.13. The molecule has 2 N–H and O–H groups in total. The monoisotopic (exact) mass is 351 g/mol. The largest absolute Gasteiger partial charge is 0.478 e. The Bertz CT molecular complexity index is 728. The molecule has 7 heteroatoms. The van der Waals surface area contributed by atoms with Gasteiger partial charge in [0.05, 0.1) is 11.3 Å². The van der Waals surface area contributed by atoms with E-state index in [0.717, 1.165) is 0 Å². The average Bonchev–Trinajstić information content (AvgIpc) is 2.41. The second kappa shape index (κ2) is 5.90. The van der Waals surface area contributed by atoms with E-state index < -0.39 is 5.97 Å². The molecule has 0 aliphatic carbocycles. The highest BCUT2D eigenvalue weighted by Gasteiger charge is 2.14. The third kappa shape index (κ3) is 3.07. The smallest absolute Gasteiger partial charge is 0.339 e. The summed E-state index contributed by atoms with van der Waals surface area (Å²) in [5.41, 5.74) is 0.732. The quantitative estimate of drug-likeness (QED) is 0.877. The molecular weight excluding hydrogens is 346 g/mol. The van der Waals surface area contributed by atoms with E-state index in [9.17, 15) is 4.79 Å². The van der Waals surface area contributed by atoms with Crippen molar-refractivity contribution in [3.63, 3.8) is 0 Å². The van der Waals surface area contributed by atoms with E-state index >= 15 is 0 Å². The zero-order chi connectivity index (χ0) is 14.7. The minimum Gasteiger partial charge on any atom is -0.478 e. The molecule has 0 radical (unpaired) electrons. The van der Waals surface area contributed by atoms with Gasteiger partial charge in [0.1, 0.15) is 17.5 Å². The molecular formula is C13H7BrClN3O2. The molecule has 0 aliphatic heterocycles. The highest BCUT2D eigenvalue weighted by atomic mass is 79.9. The number of anilines is 2. The first kappa shape index (κ1) is 14.3. The first-order valence-electron chi connectivity index (χ1n) is 5.37. The number of hydrogen-bond acceptors (Lipinski definition) is 4. The van der Waals surface area contributed by atoms with Crippen LogP contribution in [0.2, 0.25) is 5.02 Å². The van der Waals surface area contributed by atoms with Crippen LogP contribution in [0.5, 0.6) is 0 Å². The molecule has 20 heavy (non-hydrogen) atoms. The highest BCUT2D eigenvalue weighted by molar-refractivity contribution is 9.10. The number of carboxylic acids is 1. The number of aromatic carboxylic acids is 1. The fraction of sp³-hybridized carbons (Fsp3) is 0. The van der Waals surface area contributed by atoms with Crippen LogP contribution in [0.4, 0.5) is 11.5 Å². The van der Waals surface area contributed by atoms with Gasteiger partial charge in [-0.3, -0.25) is 0 Å². The van der Waals surface area contributed by atoms with Gasteiger partial charge >= 0.3 is 5.97 Å². The molecule has 5 nitrogen and oxygen atoms in total. The lowest BCUT2D eigenvalue weighted by atomic mass is 10.2. The highest BCUT2D eigenvalue weighted by Crippen LogP contribution is 2.26. The molecule has 100 valence electrons. The number of aromatic nitrogens is 1. The van der Waals surface area contributed by atoms with Crippen molar-refractivity contribution in [1.82, 2.24) is 4.98 Å². The number of rotatable bonds is 3. The summed E-state index contributed by atoms with van der Waals surface area (Å²) in [7, 11) is 0. The van der Waals surface area contributed by atoms with Gasteiger partial charge < -0.3 is 10.4 Å². The first-order chi connectivity index (χ1) is 9.51. The van der Waals surface area contributed by atoms with Crippen LogP contribution in [0, 0.1) is 11.3 Å². The Kier molecular flexibility index (Phi) is 4.23. The van der Waals surface area contributed by atoms with Crippen molar-refractivity contribution in [2.45, 2.75) is 0 Å². The summed E-state index contributed by atoms with van der Waals surface area (Å²) in [5, 5.41) is 21.4. The maximum Gasteiger partial charge on any atom is 0.339 e. The molecule has 0 atom stereocenters. The van der Waals surface area contributed by atoms with E-state index in [0.29, 0.717) is 20.7 Å². The number of nitrogens with zero attached hydrogens (tertiary/aromatic N) is 2. The van der Waals surface area contributed by atoms with E-state index in [4.69, 9.17) is 22.0 Å². The molecule has 2 rings (SSSR count). The average molecular weight is 353 g/mol. The molecule has 0 amide bonds. The van der Waals surface area contributed by atoms with Crippen LogP contribution < -0.4 is 5.32 Å². The summed E-state index contributed by atoms with van der Waals surface area (Å²) in [6.07, 6.45) is 1.46. The van der Waals surface area contributed by atoms with Crippen molar-refractivity contribution in [1.29, 1.82) is 5.26 Å². The number of nitriles is 1. The van der Waals surface area contributed by atoms with Crippen LogP contribution in [0.1, 0.15) is 15.9 Å². The standard InChI is InChI=1S/C13H7BrClN3O2/c14-8-3-10(13(19)20)12(17-6-8)18-11-4-9(15)2-1-7(11)5-16/h1-4,6H,(H,17,18)(H,19,20). The van der Waals surface area contributed by atoms with Crippen LogP contribution in [-0.4, -0.2) is 16.1 Å². The predicted molar refractivity (Wildman–Crippen MR) is 78.3 cm³/mol. The van der Waals surface area contributed by atoms with Crippen molar-refractivity contribution < 1.29 is 9.90 Å². The normalized spacial score (nSPS) is 9.85. The predicted octanol–water partition coefficient (Wildman–Crippen LogP) is 3.81. The van der Waals surface area contributed by atoms with Gasteiger partial charge in [-0.1, -0.05) is 11.6 Å². The molecule has 0 saturated carbocycles. The van der Waals surface area contributed by atoms with Gasteiger partial charge in [0.15, 0.2) is 0 Å². The van der Waals surface area contributed by atoms with Crippen LogP contribution in [0.3, 0.4) is 0 Å². The minimum atomic E-state index is -1.12. The van der Waals surface area contributed by atoms with Gasteiger partial charge in [-0.25, -0.2) is 9.78 Å². The topological polar surface area (TPSA) is 86.0 Å². The third-order valence-corrected chi connectivity index (χ3v) is 3.11. The minimum absolute atomic E-state index is 0.0109. The fourth-order valence-corrected chi connectivity index (χ4v) is 2.05. The zero-order valence-corrected chi connectivity index (χ0v) is 12.2. The molecule has 0 bridgehead atoms. The summed E-state index contributed by atoms with van der Waals surface area (Å²) >= 11 is 9.04. The van der Waals surface area contributed by atoms with E-state index in [-0.39, 0.29) is 11.4 Å². The van der Waals surface area contributed by atoms with Crippen molar-refractivity contribution >= 4 is 45.0 Å². The Hall–Kier alpha value is -2.10. The molecule has 0 saturated heterocycles. The zero-order valence-electron chi connectivity index (χ0n) is 9.89. The van der Waals surface area contributed by atoms with E-state index in [1.165, 1.54) is 18.3 Å². The number of benzene rings is 1. The molecule has 0 spiro atoms. The Morgan fingerprint density at radius 2 is 2.20 bits per heavy atom. The summed E-state index contributed by atoms with van der Waals surface area (Å²) in [6, 6.07) is 8.09. The summed E-state index contributed by atoms with van der Waals surface area (Å²) in [5.74, 6) is -0.985. The van der Waals surface area contributed by atoms with E-state index in [1.807, 2.05) is 6.07 Å². The first-order valence-corrected chi connectivity index (χ1v) is 6.54. The van der Waals surface area contributed by atoms with Crippen molar-refractivity contribution in [3.05, 3.63) is 51.1 Å². The SMILES string of the molecule is N#Cc1ccc(Cl)cc1Nc1ncc(Br)cc1C(=O)O. The summed E-state index contributed by atoms with van der Waals surface area (Å²) in [4.78, 5) is 15.2. The van der Waals surface area contributed by atoms with Crippen molar-refractivity contribution in [2.24, 2.45) is 0 Å². The number of nitrogens with one attached hydrogen (secondary N) is 1. The number of pyridine rings is 1. The molecule has 0 fully saturated rings. The van der Waals surface area contributed by atoms with Crippen LogP contribution in [-0.2, 0) is 0 Å². The van der Waals surface area contributed by atoms with Gasteiger partial charge in [-0.15, -0.1) is 0 Å². The summed E-state index contributed by atoms with van der Waals surface area (Å²) < 4.78 is 0.548. The molecule has 1 aromatic carbocycles. The van der Waals surface area contributed by atoms with Crippen LogP contribution in [0.25, 0.3) is 0 Å². The van der Waals surface area contributed by atoms with Gasteiger partial charge in [0, 0.05) is 15.7 Å². The molecule has 1 heterocycles. The Morgan fingerprint density at radius 3 is 2.85 bits per heavy atom. The molecule has 2 aromatic rings. The third-order valence-electron chi connectivity index (χ3n) is 2.44. The Balaban J connectivity index is 2.48. The lowest BCUT2D eigenvalue weighted by Gasteiger charge is -2.10. The van der Waals surface area contributed by atoms with Gasteiger partial charge in [-0.2, -0.15) is 5.26 Å². The van der Waals surface area contributed by atoms with Gasteiger partial charge in [0.25, 0.3) is 0 Å². The Morgan fingerprint density at radius 1 is 1.45 bits per heavy atom. The number of hydrogen-bond donors (Lipinski definition) is 2. The van der Waals surface area contributed by atoms with Crippen LogP contribution in [0.15, 0.2) is 34.9 Å². The fourth-order valence-electron chi connectivity index (χ4n) is 1.55. The maximum absolute atomic E-state index is 11.2. The van der Waals surface area contributed by atoms with Gasteiger partial charge in [0.2, 0.25) is 0 Å².